The van der Waals surface area contributed by atoms with E-state index < -0.39 is 27.3 Å². The summed E-state index contributed by atoms with van der Waals surface area (Å²) in [5.74, 6) is -1.50. The number of likely N-dealkylation sites (tertiary alicyclic amines) is 1. The number of sulfone groups is 1. The molecule has 2 rings (SSSR count). The Kier molecular flexibility index (Phi) is 4.04. The van der Waals surface area contributed by atoms with Crippen molar-refractivity contribution in [1.82, 2.24) is 4.90 Å². The molecule has 7 heteroatoms. The highest BCUT2D eigenvalue weighted by Crippen LogP contribution is 2.31. The number of hydrogen-bond donors (Lipinski definition) is 1. The van der Waals surface area contributed by atoms with E-state index in [2.05, 4.69) is 0 Å². The van der Waals surface area contributed by atoms with Crippen LogP contribution in [0.1, 0.15) is 35.7 Å². The fourth-order valence-corrected chi connectivity index (χ4v) is 3.79. The van der Waals surface area contributed by atoms with Gasteiger partial charge in [-0.05, 0) is 44.4 Å². The minimum absolute atomic E-state index is 0.0922. The predicted octanol–water partition coefficient (Wildman–Crippen LogP) is 1.48. The molecule has 1 atom stereocenters. The maximum atomic E-state index is 12.6. The number of rotatable bonds is 3. The van der Waals surface area contributed by atoms with Crippen molar-refractivity contribution in [3.05, 3.63) is 29.3 Å². The number of nitrogens with zero attached hydrogens (tertiary/aromatic N) is 1. The molecule has 1 fully saturated rings. The quantitative estimate of drug-likeness (QED) is 0.909. The molecule has 0 aromatic heterocycles. The van der Waals surface area contributed by atoms with Gasteiger partial charge in [-0.15, -0.1) is 0 Å². The molecule has 22 heavy (non-hydrogen) atoms. The lowest BCUT2D eigenvalue weighted by Crippen LogP contribution is -2.50. The molecular weight excluding hydrogens is 306 g/mol. The monoisotopic (exact) mass is 325 g/mol. The molecule has 1 saturated heterocycles. The largest absolute Gasteiger partial charge is 0.480 e. The third kappa shape index (κ3) is 2.72. The van der Waals surface area contributed by atoms with Crippen molar-refractivity contribution in [2.75, 3.05) is 12.8 Å². The average Bonchev–Trinajstić information content (AvgIpc) is 2.80. The first kappa shape index (κ1) is 16.5. The van der Waals surface area contributed by atoms with Crippen LogP contribution in [0.5, 0.6) is 0 Å². The molecule has 0 aliphatic carbocycles. The van der Waals surface area contributed by atoms with Crippen LogP contribution in [-0.2, 0) is 14.6 Å². The summed E-state index contributed by atoms with van der Waals surface area (Å²) in [6, 6.07) is 4.43. The number of aryl methyl sites for hydroxylation is 1. The van der Waals surface area contributed by atoms with E-state index in [-0.39, 0.29) is 10.5 Å². The Hall–Kier alpha value is -1.89. The van der Waals surface area contributed by atoms with Crippen molar-refractivity contribution >= 4 is 21.7 Å². The Morgan fingerprint density at radius 2 is 1.95 bits per heavy atom. The number of carbonyl (C=O) groups excluding carboxylic acids is 1. The lowest BCUT2D eigenvalue weighted by Gasteiger charge is -2.31. The van der Waals surface area contributed by atoms with E-state index in [1.807, 2.05) is 0 Å². The molecule has 0 radical (unpaired) electrons. The van der Waals surface area contributed by atoms with Crippen molar-refractivity contribution in [2.45, 2.75) is 37.1 Å². The van der Waals surface area contributed by atoms with Gasteiger partial charge in [0, 0.05) is 18.4 Å². The fraction of sp³-hybridized carbons (Fsp3) is 0.467. The number of carboxylic acid groups (broad SMARTS) is 1. The summed E-state index contributed by atoms with van der Waals surface area (Å²) >= 11 is 0. The molecule has 1 aliphatic heterocycles. The van der Waals surface area contributed by atoms with Crippen LogP contribution in [0.15, 0.2) is 23.1 Å². The van der Waals surface area contributed by atoms with Gasteiger partial charge in [-0.1, -0.05) is 6.07 Å². The Bertz CT molecular complexity index is 740. The van der Waals surface area contributed by atoms with Crippen molar-refractivity contribution in [1.29, 1.82) is 0 Å². The summed E-state index contributed by atoms with van der Waals surface area (Å²) in [7, 11) is -3.45. The van der Waals surface area contributed by atoms with Crippen LogP contribution in [-0.4, -0.2) is 48.6 Å². The van der Waals surface area contributed by atoms with E-state index in [1.165, 1.54) is 24.0 Å². The number of benzene rings is 1. The van der Waals surface area contributed by atoms with Gasteiger partial charge in [-0.3, -0.25) is 4.79 Å². The van der Waals surface area contributed by atoms with E-state index in [0.29, 0.717) is 24.9 Å². The van der Waals surface area contributed by atoms with Crippen LogP contribution in [0.25, 0.3) is 0 Å². The second-order valence-corrected chi connectivity index (χ2v) is 7.88. The van der Waals surface area contributed by atoms with Crippen molar-refractivity contribution in [3.63, 3.8) is 0 Å². The molecule has 1 amide bonds. The molecule has 1 aliphatic rings. The molecule has 0 saturated carbocycles. The van der Waals surface area contributed by atoms with Crippen LogP contribution in [0.4, 0.5) is 0 Å². The standard InChI is InChI=1S/C15H19NO5S/c1-10-5-6-11(9-12(10)22(3,20)21)13(17)16-8-4-7-15(16,2)14(18)19/h5-6,9H,4,7-8H2,1-3H3,(H,18,19). The zero-order valence-electron chi connectivity index (χ0n) is 12.8. The molecule has 1 aromatic rings. The Morgan fingerprint density at radius 3 is 2.50 bits per heavy atom. The van der Waals surface area contributed by atoms with E-state index in [9.17, 15) is 23.1 Å². The topological polar surface area (TPSA) is 91.8 Å². The van der Waals surface area contributed by atoms with Crippen LogP contribution in [0.3, 0.4) is 0 Å². The lowest BCUT2D eigenvalue weighted by molar-refractivity contribution is -0.147. The normalized spacial score (nSPS) is 21.9. The highest BCUT2D eigenvalue weighted by molar-refractivity contribution is 7.90. The van der Waals surface area contributed by atoms with E-state index in [4.69, 9.17) is 0 Å². The minimum atomic E-state index is -3.45. The van der Waals surface area contributed by atoms with Gasteiger partial charge in [-0.25, -0.2) is 13.2 Å². The predicted molar refractivity (Wildman–Crippen MR) is 80.6 cm³/mol. The summed E-state index contributed by atoms with van der Waals surface area (Å²) < 4.78 is 23.5. The van der Waals surface area contributed by atoms with Crippen LogP contribution >= 0.6 is 0 Å². The van der Waals surface area contributed by atoms with Gasteiger partial charge in [0.2, 0.25) is 0 Å². The van der Waals surface area contributed by atoms with Crippen molar-refractivity contribution < 1.29 is 23.1 Å². The number of hydrogen-bond acceptors (Lipinski definition) is 4. The molecular formula is C15H19NO5S. The van der Waals surface area contributed by atoms with E-state index in [0.717, 1.165) is 6.26 Å². The molecule has 0 bridgehead atoms. The maximum absolute atomic E-state index is 12.6. The number of amides is 1. The first-order valence-electron chi connectivity index (χ1n) is 6.93. The zero-order valence-corrected chi connectivity index (χ0v) is 13.6. The minimum Gasteiger partial charge on any atom is -0.480 e. The second-order valence-electron chi connectivity index (χ2n) is 5.89. The van der Waals surface area contributed by atoms with Gasteiger partial charge < -0.3 is 10.0 Å². The molecule has 1 heterocycles. The highest BCUT2D eigenvalue weighted by atomic mass is 32.2. The zero-order chi connectivity index (χ0) is 16.7. The summed E-state index contributed by atoms with van der Waals surface area (Å²) in [4.78, 5) is 25.5. The lowest BCUT2D eigenvalue weighted by atomic mass is 9.98. The molecule has 120 valence electrons. The first-order chi connectivity index (χ1) is 10.1. The maximum Gasteiger partial charge on any atom is 0.329 e. The van der Waals surface area contributed by atoms with Gasteiger partial charge in [0.15, 0.2) is 9.84 Å². The van der Waals surface area contributed by atoms with Gasteiger partial charge in [-0.2, -0.15) is 0 Å². The molecule has 6 nitrogen and oxygen atoms in total. The Morgan fingerprint density at radius 1 is 1.32 bits per heavy atom. The van der Waals surface area contributed by atoms with E-state index >= 15 is 0 Å². The second kappa shape index (κ2) is 5.39. The number of carbonyl (C=O) groups is 2. The van der Waals surface area contributed by atoms with Gasteiger partial charge >= 0.3 is 5.97 Å². The van der Waals surface area contributed by atoms with Gasteiger partial charge in [0.1, 0.15) is 5.54 Å². The SMILES string of the molecule is Cc1ccc(C(=O)N2CCCC2(C)C(=O)O)cc1S(C)(=O)=O. The number of aliphatic carboxylic acids is 1. The van der Waals surface area contributed by atoms with Crippen LogP contribution < -0.4 is 0 Å². The van der Waals surface area contributed by atoms with Gasteiger partial charge in [0.25, 0.3) is 5.91 Å². The number of carboxylic acids is 1. The average molecular weight is 325 g/mol. The summed E-state index contributed by atoms with van der Waals surface area (Å²) in [6.07, 6.45) is 2.08. The van der Waals surface area contributed by atoms with Crippen LogP contribution in [0.2, 0.25) is 0 Å². The smallest absolute Gasteiger partial charge is 0.329 e. The summed E-state index contributed by atoms with van der Waals surface area (Å²) in [5, 5.41) is 9.38. The molecule has 0 spiro atoms. The van der Waals surface area contributed by atoms with Crippen molar-refractivity contribution in [2.24, 2.45) is 0 Å². The molecule has 1 aromatic carbocycles. The third-order valence-electron chi connectivity index (χ3n) is 4.18. The Balaban J connectivity index is 2.45. The molecule has 1 unspecified atom stereocenters. The van der Waals surface area contributed by atoms with E-state index in [1.54, 1.807) is 13.0 Å². The third-order valence-corrected chi connectivity index (χ3v) is 5.42. The summed E-state index contributed by atoms with van der Waals surface area (Å²) in [5.41, 5.74) is -0.491. The highest BCUT2D eigenvalue weighted by Gasteiger charge is 2.46. The molecule has 1 N–H and O–H groups in total. The summed E-state index contributed by atoms with van der Waals surface area (Å²) in [6.45, 7) is 3.53. The fourth-order valence-electron chi connectivity index (χ4n) is 2.80. The first-order valence-corrected chi connectivity index (χ1v) is 8.82. The van der Waals surface area contributed by atoms with Crippen LogP contribution in [0, 0.1) is 6.92 Å². The van der Waals surface area contributed by atoms with Gasteiger partial charge in [0.05, 0.1) is 4.90 Å². The van der Waals surface area contributed by atoms with Crippen molar-refractivity contribution in [3.8, 4) is 0 Å². The Labute approximate surface area is 129 Å².